The van der Waals surface area contributed by atoms with Crippen LogP contribution in [0.5, 0.6) is 5.75 Å². The Morgan fingerprint density at radius 2 is 0.598 bits per heavy atom. The Bertz CT molecular complexity index is 6050. The zero-order chi connectivity index (χ0) is 72.3. The third-order valence-electron chi connectivity index (χ3n) is 14.3. The molecule has 0 saturated heterocycles. The molecule has 387 valence electrons. The number of fused-ring (bicyclic) bond motifs is 10. The van der Waals surface area contributed by atoms with Gasteiger partial charge in [0.25, 0.3) is 0 Å². The van der Waals surface area contributed by atoms with E-state index in [-0.39, 0.29) is 88.7 Å². The maximum Gasteiger partial charge on any atom is 0.569 e. The summed E-state index contributed by atoms with van der Waals surface area (Å²) in [5.74, 6) is 0.304. The molecule has 4 nitrogen and oxygen atoms in total. The van der Waals surface area contributed by atoms with Crippen molar-refractivity contribution in [1.29, 1.82) is 0 Å². The van der Waals surface area contributed by atoms with Crippen LogP contribution >= 0.6 is 15.9 Å². The fourth-order valence-electron chi connectivity index (χ4n) is 10.9. The van der Waals surface area contributed by atoms with Gasteiger partial charge in [-0.25, -0.2) is 0 Å². The molecule has 2 aromatic heterocycles. The molecule has 6 heteroatoms. The molecule has 0 fully saturated rings. The molecular formula is C76H49BBrO4. The van der Waals surface area contributed by atoms with Gasteiger partial charge in [-0.05, 0) is 98.5 Å². The Hall–Kier alpha value is -9.98. The Labute approximate surface area is 511 Å². The molecule has 1 radical (unpaired) electrons. The molecule has 0 aliphatic heterocycles. The summed E-state index contributed by atoms with van der Waals surface area (Å²) in [5.41, 5.74) is 5.67. The van der Waals surface area contributed by atoms with Crippen molar-refractivity contribution in [2.45, 2.75) is 0 Å². The van der Waals surface area contributed by atoms with Crippen molar-refractivity contribution >= 4 is 111 Å². The highest BCUT2D eigenvalue weighted by Crippen LogP contribution is 2.48. The highest BCUT2D eigenvalue weighted by atomic mass is 79.9. The topological polar surface area (TPSA) is 55.7 Å². The maximum atomic E-state index is 8.95. The van der Waals surface area contributed by atoms with E-state index in [1.807, 2.05) is 133 Å². The zero-order valence-electron chi connectivity index (χ0n) is 62.8. The van der Waals surface area contributed by atoms with Gasteiger partial charge in [0.15, 0.2) is 5.58 Å². The second-order valence-corrected chi connectivity index (χ2v) is 19.5. The molecule has 82 heavy (non-hydrogen) atoms. The van der Waals surface area contributed by atoms with Crippen molar-refractivity contribution in [2.24, 2.45) is 0 Å². The van der Waals surface area contributed by atoms with Crippen LogP contribution < -0.4 is 4.65 Å². The molecule has 1 N–H and O–H groups in total. The molecular weight excluding hydrogens is 1070 g/mol. The van der Waals surface area contributed by atoms with Crippen molar-refractivity contribution < 1.29 is 45.9 Å². The van der Waals surface area contributed by atoms with Crippen LogP contribution in [0.4, 0.5) is 0 Å². The smallest absolute Gasteiger partial charge is 0.535 e. The van der Waals surface area contributed by atoms with E-state index in [1.54, 1.807) is 36.4 Å². The maximum absolute atomic E-state index is 8.95. The van der Waals surface area contributed by atoms with E-state index in [9.17, 15) is 0 Å². The number of rotatable bonds is 7. The highest BCUT2D eigenvalue weighted by molar-refractivity contribution is 9.10. The SMILES string of the molecule is [2H]c1c([2H])c([2H])c(-c2c3ccccc3c(-c3cccc4c3oc3c(-c5c([2H])c([2H])c([2H])c([2H])c5[2H])cccc34)c3ccccc23)c([2H])c1[2H].[2H]c1c([2H])c([2H])c(-c2c3ccccc3c(Br)c3ccccc23)c([2H])c1[2H].[2H]c1c([2H])c([2H])c(-c2cccc3c2oc2c(O[B]O)cccc23)c([2H])c1[2H]. The van der Waals surface area contributed by atoms with Crippen LogP contribution in [-0.4, -0.2) is 12.7 Å². The Morgan fingerprint density at radius 3 is 1.00 bits per heavy atom. The molecule has 0 bridgehead atoms. The van der Waals surface area contributed by atoms with Crippen LogP contribution in [0, 0.1) is 0 Å². The van der Waals surface area contributed by atoms with E-state index >= 15 is 0 Å². The van der Waals surface area contributed by atoms with Gasteiger partial charge < -0.3 is 18.5 Å². The molecule has 0 aliphatic rings. The van der Waals surface area contributed by atoms with Crippen molar-refractivity contribution in [3.05, 3.63) is 295 Å². The minimum atomic E-state index is -0.469. The molecule has 0 aliphatic carbocycles. The van der Waals surface area contributed by atoms with Gasteiger partial charge in [0.05, 0.1) is 27.4 Å². The molecule has 0 amide bonds. The van der Waals surface area contributed by atoms with Crippen LogP contribution in [0.25, 0.3) is 143 Å². The van der Waals surface area contributed by atoms with Crippen LogP contribution in [0.15, 0.2) is 304 Å². The van der Waals surface area contributed by atoms with Gasteiger partial charge in [-0.15, -0.1) is 0 Å². The van der Waals surface area contributed by atoms with E-state index in [0.29, 0.717) is 79.6 Å². The second-order valence-electron chi connectivity index (χ2n) is 18.7. The molecule has 0 unspecified atom stereocenters. The van der Waals surface area contributed by atoms with Gasteiger partial charge >= 0.3 is 7.69 Å². The minimum Gasteiger partial charge on any atom is -0.535 e. The summed E-state index contributed by atoms with van der Waals surface area (Å²) in [6.07, 6.45) is 0. The molecule has 14 aromatic carbocycles. The Kier molecular flexibility index (Phi) is 8.81. The number of para-hydroxylation sites is 4. The van der Waals surface area contributed by atoms with Crippen LogP contribution in [-0.2, 0) is 0 Å². The summed E-state index contributed by atoms with van der Waals surface area (Å²) in [6, 6.07) is 45.0. The minimum absolute atomic E-state index is 0.0519. The fraction of sp³-hybridized carbons (Fsp3) is 0. The van der Waals surface area contributed by atoms with E-state index in [2.05, 4.69) is 15.9 Å². The van der Waals surface area contributed by atoms with Crippen molar-refractivity contribution in [3.63, 3.8) is 0 Å². The third kappa shape index (κ3) is 8.95. The Balaban J connectivity index is 0.000000141. The summed E-state index contributed by atoms with van der Waals surface area (Å²) < 4.78 is 184. The normalized spacial score (nSPS) is 14.7. The molecule has 0 atom stereocenters. The van der Waals surface area contributed by atoms with E-state index in [1.165, 1.54) is 0 Å². The number of benzene rings is 14. The van der Waals surface area contributed by atoms with Crippen LogP contribution in [0.2, 0.25) is 0 Å². The first-order valence-electron chi connectivity index (χ1n) is 35.7. The lowest BCUT2D eigenvalue weighted by atomic mass is 9.85. The lowest BCUT2D eigenvalue weighted by Crippen LogP contribution is -1.99. The Morgan fingerprint density at radius 1 is 0.305 bits per heavy atom. The number of hydrogen-bond acceptors (Lipinski definition) is 4. The predicted octanol–water partition coefficient (Wildman–Crippen LogP) is 21.5. The van der Waals surface area contributed by atoms with Gasteiger partial charge in [-0.3, -0.25) is 0 Å². The van der Waals surface area contributed by atoms with E-state index in [4.69, 9.17) is 45.9 Å². The average Bonchev–Trinajstić information content (AvgIpc) is 1.12. The summed E-state index contributed by atoms with van der Waals surface area (Å²) in [5, 5.41) is 18.4. The van der Waals surface area contributed by atoms with Crippen LogP contribution in [0.1, 0.15) is 27.4 Å². The number of halogens is 1. The van der Waals surface area contributed by atoms with E-state index in [0.717, 1.165) is 58.7 Å². The highest BCUT2D eigenvalue weighted by Gasteiger charge is 2.22. The van der Waals surface area contributed by atoms with Gasteiger partial charge in [-0.2, -0.15) is 0 Å². The quantitative estimate of drug-likeness (QED) is 0.128. The van der Waals surface area contributed by atoms with Gasteiger partial charge in [0.2, 0.25) is 0 Å². The largest absolute Gasteiger partial charge is 0.569 e. The lowest BCUT2D eigenvalue weighted by Gasteiger charge is -2.17. The molecule has 0 spiro atoms. The fourth-order valence-corrected chi connectivity index (χ4v) is 11.6. The van der Waals surface area contributed by atoms with Gasteiger partial charge in [0.1, 0.15) is 22.5 Å². The van der Waals surface area contributed by atoms with Gasteiger partial charge in [-0.1, -0.05) is 285 Å². The lowest BCUT2D eigenvalue weighted by molar-refractivity contribution is 0.451. The third-order valence-corrected chi connectivity index (χ3v) is 15.2. The monoisotopic (exact) mass is 1140 g/mol. The second kappa shape index (κ2) is 21.9. The molecule has 0 saturated carbocycles. The predicted molar refractivity (Wildman–Crippen MR) is 347 cm³/mol. The summed E-state index contributed by atoms with van der Waals surface area (Å²) in [6.45, 7) is 0. The standard InChI is InChI=1S/C38H24O.C20H13Br.C18H12BO3/c1-3-13-25(14-4-1)27-21-11-22-32-33-23-12-24-34(38(33)39-37(27)32)36-30-19-9-7-17-28(30)35(26-15-5-2-6-16-26)29-18-8-10-20-31(29)36;21-20-17-12-6-4-10-15(17)19(14-8-2-1-3-9-14)16-11-5-7-13-18(16)20;20-19-22-16-11-5-10-15-14-9-4-8-13(17(14)21-18(15)16)12-6-2-1-3-7-12/h1-24H;1-13H;1-11,20H/i1D,2D,3D,4D,5D,6D,13D,14D,15D,16D;1D,2D,3D,8D,9D;1D,2D,3D,6D,7D. The van der Waals surface area contributed by atoms with Gasteiger partial charge in [0, 0.05) is 48.3 Å². The first-order chi connectivity index (χ1) is 48.9. The van der Waals surface area contributed by atoms with Crippen LogP contribution in [0.3, 0.4) is 0 Å². The van der Waals surface area contributed by atoms with Crippen molar-refractivity contribution in [3.8, 4) is 61.4 Å². The van der Waals surface area contributed by atoms with E-state index < -0.39 is 54.4 Å². The molecule has 2 heterocycles. The summed E-state index contributed by atoms with van der Waals surface area (Å²) >= 11 is 3.67. The first-order valence-corrected chi connectivity index (χ1v) is 26.5. The molecule has 16 rings (SSSR count). The number of hydrogen-bond donors (Lipinski definition) is 1. The first kappa shape index (κ1) is 32.9. The molecule has 16 aromatic rings. The average molecular weight is 1140 g/mol. The zero-order valence-corrected chi connectivity index (χ0v) is 44.4. The summed E-state index contributed by atoms with van der Waals surface area (Å²) in [7, 11) is 0.554. The summed E-state index contributed by atoms with van der Waals surface area (Å²) in [4.78, 5) is 0. The van der Waals surface area contributed by atoms with Crippen molar-refractivity contribution in [1.82, 2.24) is 0 Å². The number of furan rings is 2. The van der Waals surface area contributed by atoms with Crippen molar-refractivity contribution in [2.75, 3.05) is 0 Å².